The van der Waals surface area contributed by atoms with Gasteiger partial charge in [0.2, 0.25) is 0 Å². The van der Waals surface area contributed by atoms with Gasteiger partial charge in [0, 0.05) is 63.2 Å². The minimum atomic E-state index is -4.88. The van der Waals surface area contributed by atoms with Gasteiger partial charge in [0.05, 0.1) is 61.7 Å². The molecule has 26 heteroatoms. The Labute approximate surface area is 294 Å². The van der Waals surface area contributed by atoms with Gasteiger partial charge in [0.1, 0.15) is 0 Å². The van der Waals surface area contributed by atoms with Gasteiger partial charge in [0.25, 0.3) is 7.82 Å². The first-order valence-electron chi connectivity index (χ1n) is 11.1. The molecule has 0 aromatic rings. The molecule has 42 heavy (non-hydrogen) atoms. The second-order valence-electron chi connectivity index (χ2n) is 8.16. The Morgan fingerprint density at radius 3 is 1.71 bits per heavy atom. The Bertz CT molecular complexity index is 970. The molecule has 0 aromatic heterocycles. The number of phosphoric acid groups is 2. The number of rotatable bonds is 15. The predicted octanol–water partition coefficient (Wildman–Crippen LogP) is -2.79. The molecule has 0 saturated carbocycles. The van der Waals surface area contributed by atoms with Crippen LogP contribution in [-0.2, 0) is 125 Å². The fourth-order valence-electron chi connectivity index (χ4n) is 3.51. The molecule has 0 aliphatic carbocycles. The molecule has 6 radical (unpaired) electrons. The molecule has 236 valence electrons. The van der Waals surface area contributed by atoms with Crippen LogP contribution in [0.5, 0.6) is 0 Å². The number of aliphatic hydroxyl groups excluding tert-OH is 2. The molecule has 12 unspecified atom stereocenters. The smallest absolute Gasteiger partial charge is 0.470 e. The van der Waals surface area contributed by atoms with Crippen molar-refractivity contribution in [2.24, 2.45) is 0 Å². The topological polar surface area (TPSA) is 221 Å². The average molecular weight is 1180 g/mol. The van der Waals surface area contributed by atoms with Gasteiger partial charge in [0.15, 0.2) is 6.79 Å². The van der Waals surface area contributed by atoms with Crippen molar-refractivity contribution < 1.29 is 139 Å². The van der Waals surface area contributed by atoms with E-state index in [0.717, 1.165) is 6.42 Å². The third-order valence-electron chi connectivity index (χ3n) is 5.18. The first-order valence-corrected chi connectivity index (χ1v) is 16.6. The van der Waals surface area contributed by atoms with Gasteiger partial charge in [-0.2, -0.15) is 0 Å². The summed E-state index contributed by atoms with van der Waals surface area (Å²) in [5.74, 6) is 0. The predicted molar refractivity (Wildman–Crippen MR) is 132 cm³/mol. The Balaban J connectivity index is 0.00000560. The summed E-state index contributed by atoms with van der Waals surface area (Å²) in [4.78, 5) is 32.1. The van der Waals surface area contributed by atoms with Crippen LogP contribution in [0.4, 0.5) is 0 Å². The van der Waals surface area contributed by atoms with E-state index in [9.17, 15) is 28.9 Å². The largest absolute Gasteiger partial charge is 0.756 e. The average Bonchev–Trinajstić information content (AvgIpc) is 3.44. The zero-order valence-electron chi connectivity index (χ0n) is 21.2. The molecule has 3 aliphatic rings. The monoisotopic (exact) mass is 1180 g/mol. The van der Waals surface area contributed by atoms with Crippen LogP contribution in [0.25, 0.3) is 0 Å². The summed E-state index contributed by atoms with van der Waals surface area (Å²) in [5.41, 5.74) is 0. The second kappa shape index (κ2) is 19.7. The zero-order chi connectivity index (χ0) is 29.0. The Morgan fingerprint density at radius 1 is 0.762 bits per heavy atom. The van der Waals surface area contributed by atoms with Crippen LogP contribution in [0, 0.1) is 19.3 Å². The fraction of sp³-hybridized carbons (Fsp3) is 0.812. The molecule has 4 N–H and O–H groups in total. The Kier molecular flexibility index (Phi) is 21.0. The van der Waals surface area contributed by atoms with Crippen LogP contribution >= 0.6 is 22.4 Å². The second-order valence-corrected chi connectivity index (χ2v) is 13.8. The van der Waals surface area contributed by atoms with Crippen molar-refractivity contribution in [3.05, 3.63) is 19.3 Å². The molecule has 3 rings (SSSR count). The molecule has 3 saturated heterocycles. The standard InChI is InChI=1S/C16H25B3O16P3S.3W/c17-14-1-8(21)11(31-14)4-29-38(26,39)35-10-3-16(19)33-13(10)6-28-37(24,25)34-9-2-15(18)32-12(9)5-27-36(22,23)30-7-20;;;/h1-3,8-16,20-21H,4-7H2,(H,22,23)(H,24,25)(H,26,39);;;/q-3;;;/p-1. The molecule has 16 nitrogen and oxygen atoms in total. The van der Waals surface area contributed by atoms with Crippen molar-refractivity contribution in [3.8, 4) is 0 Å². The van der Waals surface area contributed by atoms with E-state index < -0.39 is 97.0 Å². The molecular formula is C16H24B3O16P3SW3-4. The van der Waals surface area contributed by atoms with E-state index in [1.54, 1.807) is 0 Å². The van der Waals surface area contributed by atoms with Gasteiger partial charge in [-0.15, -0.1) is 0 Å². The quantitative estimate of drug-likeness (QED) is 0.0564. The summed E-state index contributed by atoms with van der Waals surface area (Å²) < 4.78 is 68.9. The van der Waals surface area contributed by atoms with Crippen LogP contribution in [0.3, 0.4) is 0 Å². The molecule has 12 atom stereocenters. The first-order chi connectivity index (χ1) is 18.1. The molecule has 0 amide bonds. The summed E-state index contributed by atoms with van der Waals surface area (Å²) in [5, 5.41) is 18.4. The van der Waals surface area contributed by atoms with Crippen LogP contribution in [-0.4, -0.2) is 125 Å². The van der Waals surface area contributed by atoms with Crippen LogP contribution in [0.15, 0.2) is 0 Å². The maximum absolute atomic E-state index is 12.6. The molecule has 3 fully saturated rings. The fourth-order valence-corrected chi connectivity index (χ4v) is 6.35. The minimum absolute atomic E-state index is 0. The normalized spacial score (nSPS) is 36.9. The number of hydrogen-bond acceptors (Lipinski definition) is 15. The maximum atomic E-state index is 12.6. The van der Waals surface area contributed by atoms with E-state index in [1.807, 2.05) is 0 Å². The third-order valence-corrected chi connectivity index (χ3v) is 8.62. The van der Waals surface area contributed by atoms with Gasteiger partial charge >= 0.3 is 14.5 Å². The van der Waals surface area contributed by atoms with Gasteiger partial charge in [-0.05, 0) is 30.1 Å². The van der Waals surface area contributed by atoms with Crippen LogP contribution in [0.1, 0.15) is 0 Å². The minimum Gasteiger partial charge on any atom is -0.756 e. The number of hydrogen-bond donors (Lipinski definition) is 4. The van der Waals surface area contributed by atoms with Gasteiger partial charge in [-0.1, -0.05) is 18.0 Å². The van der Waals surface area contributed by atoms with Crippen molar-refractivity contribution in [1.29, 1.82) is 0 Å². The summed E-state index contributed by atoms with van der Waals surface area (Å²) >= 11 is 4.97. The molecular weight excluding hydrogens is 1160 g/mol. The third kappa shape index (κ3) is 14.9. The molecule has 0 spiro atoms. The summed E-state index contributed by atoms with van der Waals surface area (Å²) in [6.07, 6.45) is -3.08. The molecule has 3 aliphatic heterocycles. The van der Waals surface area contributed by atoms with Crippen LogP contribution < -0.4 is 4.89 Å². The van der Waals surface area contributed by atoms with Crippen molar-refractivity contribution in [3.63, 3.8) is 0 Å². The molecule has 3 heterocycles. The first kappa shape index (κ1) is 44.8. The summed E-state index contributed by atoms with van der Waals surface area (Å²) in [7, 11) is 7.11. The van der Waals surface area contributed by atoms with E-state index >= 15 is 0 Å². The van der Waals surface area contributed by atoms with Crippen molar-refractivity contribution in [2.75, 3.05) is 26.6 Å². The SMILES string of the molecule is [B]C1[CH-]C(O)C(COP(O)(=S)OC2[CH-]C([B])OC2COP(=O)(O)OC2[CH-]C([B])OC2COP(=O)([O-])OCO)O1.[W].[W].[W]. The van der Waals surface area contributed by atoms with E-state index in [0.29, 0.717) is 0 Å². The van der Waals surface area contributed by atoms with Gasteiger partial charge in [-0.25, -0.2) is 4.57 Å². The van der Waals surface area contributed by atoms with E-state index in [2.05, 4.69) is 9.05 Å². The maximum Gasteiger partial charge on any atom is 0.470 e. The number of ether oxygens (including phenoxy) is 3. The van der Waals surface area contributed by atoms with Crippen molar-refractivity contribution in [2.45, 2.75) is 54.6 Å². The van der Waals surface area contributed by atoms with Crippen molar-refractivity contribution in [1.82, 2.24) is 0 Å². The van der Waals surface area contributed by atoms with Gasteiger partial charge < -0.3 is 57.2 Å². The number of phosphoric ester groups is 2. The number of aliphatic hydroxyl groups is 2. The van der Waals surface area contributed by atoms with E-state index in [4.69, 9.17) is 72.8 Å². The van der Waals surface area contributed by atoms with Gasteiger partial charge in [-0.3, -0.25) is 32.9 Å². The van der Waals surface area contributed by atoms with E-state index in [1.165, 1.54) is 12.8 Å². The molecule has 0 aromatic carbocycles. The Morgan fingerprint density at radius 2 is 1.21 bits per heavy atom. The zero-order valence-corrected chi connectivity index (χ0v) is 33.5. The van der Waals surface area contributed by atoms with Crippen LogP contribution in [0.2, 0.25) is 0 Å². The molecule has 0 bridgehead atoms. The van der Waals surface area contributed by atoms with Crippen molar-refractivity contribution >= 4 is 57.7 Å². The summed E-state index contributed by atoms with van der Waals surface area (Å²) in [6, 6.07) is -2.95. The Hall–Kier alpha value is 2.81. The van der Waals surface area contributed by atoms with E-state index in [-0.39, 0.29) is 69.8 Å². The summed E-state index contributed by atoms with van der Waals surface area (Å²) in [6.45, 7) is -6.83.